The van der Waals surface area contributed by atoms with Crippen LogP contribution in [0.15, 0.2) is 36.7 Å². The average Bonchev–Trinajstić information content (AvgIpc) is 3.45. The third kappa shape index (κ3) is 6.66. The molecule has 1 unspecified atom stereocenters. The van der Waals surface area contributed by atoms with Crippen LogP contribution in [0.3, 0.4) is 0 Å². The quantitative estimate of drug-likeness (QED) is 0.134. The van der Waals surface area contributed by atoms with Crippen molar-refractivity contribution in [1.82, 2.24) is 24.6 Å². The van der Waals surface area contributed by atoms with E-state index in [-0.39, 0.29) is 28.7 Å². The Labute approximate surface area is 248 Å². The van der Waals surface area contributed by atoms with Crippen molar-refractivity contribution >= 4 is 48.2 Å². The molecule has 0 amide bonds. The summed E-state index contributed by atoms with van der Waals surface area (Å²) in [4.78, 5) is 20.9. The van der Waals surface area contributed by atoms with Crippen molar-refractivity contribution in [1.29, 1.82) is 0 Å². The third-order valence-electron chi connectivity index (χ3n) is 6.24. The van der Waals surface area contributed by atoms with Gasteiger partial charge < -0.3 is 30.2 Å². The van der Waals surface area contributed by atoms with E-state index in [0.717, 1.165) is 10.9 Å². The Balaban J connectivity index is 1.65. The number of benzene rings is 1. The van der Waals surface area contributed by atoms with Crippen molar-refractivity contribution in [2.45, 2.75) is 62.4 Å². The van der Waals surface area contributed by atoms with E-state index in [1.165, 1.54) is 26.1 Å². The van der Waals surface area contributed by atoms with Crippen molar-refractivity contribution < 1.29 is 46.2 Å². The first-order valence-electron chi connectivity index (χ1n) is 12.8. The van der Waals surface area contributed by atoms with Gasteiger partial charge >= 0.3 is 19.9 Å². The van der Waals surface area contributed by atoms with Gasteiger partial charge in [0.15, 0.2) is 23.2 Å². The predicted octanol–water partition coefficient (Wildman–Crippen LogP) is 3.38. The lowest BCUT2D eigenvalue weighted by atomic mass is 9.98. The zero-order valence-corrected chi connectivity index (χ0v) is 24.9. The molecule has 4 rings (SSSR count). The van der Waals surface area contributed by atoms with E-state index >= 15 is 0 Å². The molecule has 0 saturated carbocycles. The number of anilines is 2. The molecule has 1 aliphatic rings. The molecule has 0 spiro atoms. The minimum absolute atomic E-state index is 0.0537. The molecule has 14 nitrogen and oxygen atoms in total. The standard InChI is InChI=1S/C24H30ClF3N7O7P/c1-12(2)40-20(37)13(3)34-43(38,42-14-8-6-5-7-9-14)39-10-15-17(36)23(25,24(26,27)28)21(41-15)35-11-31-16-18(30-4)32-22(29)33-19(16)35/h5-9,11-13,15,17,21,36H,10H2,1-4H3,(H,34,38)(H3,29,30,32,33)/t13-,15-,17-,21-,23-,43?/m1/s1. The number of hydrogen-bond donors (Lipinski definition) is 4. The molecule has 5 N–H and O–H groups in total. The average molecular weight is 652 g/mol. The summed E-state index contributed by atoms with van der Waals surface area (Å²) in [6.45, 7) is 3.63. The summed E-state index contributed by atoms with van der Waals surface area (Å²) in [5.74, 6) is -0.891. The summed E-state index contributed by atoms with van der Waals surface area (Å²) in [6.07, 6.45) is -11.1. The number of carbonyl (C=O) groups is 1. The maximum absolute atomic E-state index is 14.5. The lowest BCUT2D eigenvalue weighted by Gasteiger charge is -2.32. The SMILES string of the molecule is CNc1nc(N)nc2c1ncn2[C@@H]1O[C@H](COP(=O)(N[C@H](C)C(=O)OC(C)C)Oc2ccccc2)[C@@H](O)[C@]1(Cl)C(F)(F)F. The van der Waals surface area contributed by atoms with Gasteiger partial charge in [0.25, 0.3) is 0 Å². The van der Waals surface area contributed by atoms with Gasteiger partial charge in [-0.05, 0) is 32.9 Å². The van der Waals surface area contributed by atoms with E-state index < -0.39 is 62.0 Å². The van der Waals surface area contributed by atoms with Gasteiger partial charge in [-0.15, -0.1) is 11.6 Å². The van der Waals surface area contributed by atoms with Gasteiger partial charge in [-0.25, -0.2) is 9.55 Å². The highest BCUT2D eigenvalue weighted by molar-refractivity contribution is 7.52. The Bertz CT molecular complexity index is 1500. The van der Waals surface area contributed by atoms with E-state index in [9.17, 15) is 27.6 Å². The molecule has 2 aromatic heterocycles. The summed E-state index contributed by atoms with van der Waals surface area (Å²) in [6, 6.07) is 6.45. The molecule has 3 aromatic rings. The van der Waals surface area contributed by atoms with Gasteiger partial charge in [0.1, 0.15) is 24.0 Å². The van der Waals surface area contributed by atoms with Crippen molar-refractivity contribution in [2.75, 3.05) is 24.7 Å². The van der Waals surface area contributed by atoms with E-state index in [0.29, 0.717) is 0 Å². The number of alkyl halides is 4. The Morgan fingerprint density at radius 1 is 1.28 bits per heavy atom. The highest BCUT2D eigenvalue weighted by atomic mass is 35.5. The number of nitrogens with one attached hydrogen (secondary N) is 2. The number of nitrogens with two attached hydrogens (primary N) is 1. The predicted molar refractivity (Wildman–Crippen MR) is 148 cm³/mol. The van der Waals surface area contributed by atoms with Crippen LogP contribution in [0.1, 0.15) is 27.0 Å². The zero-order chi connectivity index (χ0) is 31.7. The first-order chi connectivity index (χ1) is 20.1. The summed E-state index contributed by atoms with van der Waals surface area (Å²) >= 11 is 6.15. The second kappa shape index (κ2) is 12.4. The smallest absolute Gasteiger partial charge is 0.459 e. The topological polar surface area (TPSA) is 185 Å². The van der Waals surface area contributed by atoms with Crippen LogP contribution in [0.5, 0.6) is 5.75 Å². The number of nitrogens with zero attached hydrogens (tertiary/aromatic N) is 4. The van der Waals surface area contributed by atoms with Crippen molar-refractivity contribution in [3.63, 3.8) is 0 Å². The molecule has 1 fully saturated rings. The highest BCUT2D eigenvalue weighted by Gasteiger charge is 2.71. The lowest BCUT2D eigenvalue weighted by molar-refractivity contribution is -0.195. The molecule has 43 heavy (non-hydrogen) atoms. The third-order valence-corrected chi connectivity index (χ3v) is 8.51. The number of nitrogen functional groups attached to an aromatic ring is 1. The van der Waals surface area contributed by atoms with Crippen LogP contribution in [0.25, 0.3) is 11.2 Å². The monoisotopic (exact) mass is 651 g/mol. The molecule has 0 radical (unpaired) electrons. The molecule has 1 aromatic carbocycles. The number of esters is 1. The molecule has 19 heteroatoms. The van der Waals surface area contributed by atoms with Crippen molar-refractivity contribution in [2.24, 2.45) is 0 Å². The number of fused-ring (bicyclic) bond motifs is 1. The van der Waals surface area contributed by atoms with E-state index in [2.05, 4.69) is 25.4 Å². The Kier molecular flexibility index (Phi) is 9.44. The number of hydrogen-bond acceptors (Lipinski definition) is 12. The van der Waals surface area contributed by atoms with Crippen LogP contribution in [-0.4, -0.2) is 79.7 Å². The molecule has 1 aliphatic heterocycles. The maximum Gasteiger partial charge on any atom is 0.459 e. The van der Waals surface area contributed by atoms with E-state index in [1.54, 1.807) is 32.0 Å². The minimum atomic E-state index is -5.24. The molecule has 3 heterocycles. The molecule has 0 bridgehead atoms. The number of halogens is 4. The largest absolute Gasteiger partial charge is 0.462 e. The summed E-state index contributed by atoms with van der Waals surface area (Å²) in [7, 11) is -3.02. The van der Waals surface area contributed by atoms with Crippen LogP contribution in [0.4, 0.5) is 24.9 Å². The first kappa shape index (κ1) is 32.7. The number of ether oxygens (including phenoxy) is 2. The first-order valence-corrected chi connectivity index (χ1v) is 14.8. The molecule has 236 valence electrons. The summed E-state index contributed by atoms with van der Waals surface area (Å²) in [5.41, 5.74) is 5.62. The fourth-order valence-electron chi connectivity index (χ4n) is 4.25. The lowest BCUT2D eigenvalue weighted by Crippen LogP contribution is -2.53. The van der Waals surface area contributed by atoms with Crippen LogP contribution in [-0.2, 0) is 23.4 Å². The Morgan fingerprint density at radius 2 is 1.95 bits per heavy atom. The summed E-state index contributed by atoms with van der Waals surface area (Å²) in [5, 5.41) is 16.0. The van der Waals surface area contributed by atoms with Crippen molar-refractivity contribution in [3.8, 4) is 5.75 Å². The molecular weight excluding hydrogens is 622 g/mol. The zero-order valence-electron chi connectivity index (χ0n) is 23.3. The number of imidazole rings is 1. The minimum Gasteiger partial charge on any atom is -0.462 e. The number of carbonyl (C=O) groups excluding carboxylic acids is 1. The Morgan fingerprint density at radius 3 is 2.56 bits per heavy atom. The second-order valence-electron chi connectivity index (χ2n) is 9.78. The van der Waals surface area contributed by atoms with Gasteiger partial charge in [-0.3, -0.25) is 13.9 Å². The van der Waals surface area contributed by atoms with Gasteiger partial charge in [-0.1, -0.05) is 18.2 Å². The van der Waals surface area contributed by atoms with Crippen LogP contribution in [0, 0.1) is 0 Å². The molecule has 0 aliphatic carbocycles. The van der Waals surface area contributed by atoms with Gasteiger partial charge in [-0.2, -0.15) is 28.2 Å². The normalized spacial score (nSPS) is 24.6. The second-order valence-corrected chi connectivity index (χ2v) is 12.1. The number of aliphatic hydroxyl groups is 1. The van der Waals surface area contributed by atoms with Crippen LogP contribution >= 0.6 is 19.3 Å². The number of aromatic nitrogens is 4. The van der Waals surface area contributed by atoms with Gasteiger partial charge in [0.05, 0.1) is 19.0 Å². The fraction of sp³-hybridized carbons (Fsp3) is 0.500. The van der Waals surface area contributed by atoms with E-state index in [4.69, 9.17) is 35.9 Å². The van der Waals surface area contributed by atoms with Crippen LogP contribution in [0.2, 0.25) is 0 Å². The van der Waals surface area contributed by atoms with E-state index in [1.807, 2.05) is 0 Å². The molecule has 6 atom stereocenters. The summed E-state index contributed by atoms with van der Waals surface area (Å²) < 4.78 is 79.8. The highest BCUT2D eigenvalue weighted by Crippen LogP contribution is 2.55. The van der Waals surface area contributed by atoms with Gasteiger partial charge in [0, 0.05) is 7.05 Å². The van der Waals surface area contributed by atoms with Crippen molar-refractivity contribution in [3.05, 3.63) is 36.7 Å². The van der Waals surface area contributed by atoms with Gasteiger partial charge in [0.2, 0.25) is 10.8 Å². The molecule has 1 saturated heterocycles. The number of para-hydroxylation sites is 1. The fourth-order valence-corrected chi connectivity index (χ4v) is 6.05. The molecular formula is C24H30ClF3N7O7P. The number of rotatable bonds is 11. The van der Waals surface area contributed by atoms with Crippen LogP contribution < -0.4 is 20.7 Å². The maximum atomic E-state index is 14.5. The number of aliphatic hydroxyl groups excluding tert-OH is 1. The Hall–Kier alpha value is -3.21.